The smallest absolute Gasteiger partial charge is 0.225 e. The number of pyridine rings is 2. The lowest BCUT2D eigenvalue weighted by atomic mass is 9.86. The van der Waals surface area contributed by atoms with Gasteiger partial charge in [-0.25, -0.2) is 15.0 Å². The van der Waals surface area contributed by atoms with Gasteiger partial charge in [0.1, 0.15) is 11.6 Å². The maximum Gasteiger partial charge on any atom is 0.225 e. The number of rotatable bonds is 6. The Morgan fingerprint density at radius 1 is 1.14 bits per heavy atom. The van der Waals surface area contributed by atoms with Gasteiger partial charge >= 0.3 is 0 Å². The molecular weight excluding hydrogens is 440 g/mol. The highest BCUT2D eigenvalue weighted by molar-refractivity contribution is 5.91. The summed E-state index contributed by atoms with van der Waals surface area (Å²) in [6.07, 6.45) is 2.13. The van der Waals surface area contributed by atoms with Crippen LogP contribution in [0.1, 0.15) is 37.9 Å². The zero-order valence-corrected chi connectivity index (χ0v) is 21.0. The summed E-state index contributed by atoms with van der Waals surface area (Å²) in [6.45, 7) is 10.7. The first kappa shape index (κ1) is 23.4. The summed E-state index contributed by atoms with van der Waals surface area (Å²) in [4.78, 5) is 24.8. The fraction of sp³-hybridized carbons (Fsp3) is 0.444. The van der Waals surface area contributed by atoms with Crippen LogP contribution in [0, 0.1) is 5.92 Å². The molecule has 0 spiro atoms. The lowest BCUT2D eigenvalue weighted by molar-refractivity contribution is -0.122. The lowest BCUT2D eigenvalue weighted by Gasteiger charge is -2.43. The second-order valence-electron chi connectivity index (χ2n) is 9.50. The van der Waals surface area contributed by atoms with E-state index in [1.807, 2.05) is 18.2 Å². The van der Waals surface area contributed by atoms with Gasteiger partial charge in [-0.2, -0.15) is 0 Å². The highest BCUT2D eigenvalue weighted by Gasteiger charge is 2.34. The molecule has 8 nitrogen and oxygen atoms in total. The minimum absolute atomic E-state index is 0.0548. The van der Waals surface area contributed by atoms with E-state index >= 15 is 0 Å². The Balaban J connectivity index is 1.50. The average Bonchev–Trinajstić information content (AvgIpc) is 2.89. The van der Waals surface area contributed by atoms with Crippen molar-refractivity contribution in [3.63, 3.8) is 0 Å². The zero-order valence-electron chi connectivity index (χ0n) is 21.0. The number of ether oxygens (including phenoxy) is 1. The molecule has 0 bridgehead atoms. The van der Waals surface area contributed by atoms with Gasteiger partial charge in [0, 0.05) is 49.9 Å². The number of fused-ring (bicyclic) bond motifs is 3. The molecule has 2 aliphatic rings. The quantitative estimate of drug-likeness (QED) is 0.585. The molecular formula is C27H34N6O2. The first-order valence-corrected chi connectivity index (χ1v) is 12.5. The number of methoxy groups -OCH3 is 1. The number of benzene rings is 1. The molecule has 1 unspecified atom stereocenters. The summed E-state index contributed by atoms with van der Waals surface area (Å²) < 4.78 is 5.59. The molecule has 3 aromatic rings. The molecule has 184 valence electrons. The van der Waals surface area contributed by atoms with E-state index in [0.717, 1.165) is 66.6 Å². The molecule has 4 heterocycles. The van der Waals surface area contributed by atoms with E-state index < -0.39 is 0 Å². The first-order valence-electron chi connectivity index (χ1n) is 12.5. The van der Waals surface area contributed by atoms with Crippen molar-refractivity contribution in [2.75, 3.05) is 49.7 Å². The Hall–Kier alpha value is -3.39. The molecule has 8 heteroatoms. The van der Waals surface area contributed by atoms with Gasteiger partial charge in [0.15, 0.2) is 5.65 Å². The fourth-order valence-corrected chi connectivity index (χ4v) is 5.40. The lowest BCUT2D eigenvalue weighted by Crippen LogP contribution is -2.55. The summed E-state index contributed by atoms with van der Waals surface area (Å²) >= 11 is 0. The van der Waals surface area contributed by atoms with E-state index in [2.05, 4.69) is 64.2 Å². The Kier molecular flexibility index (Phi) is 6.47. The Morgan fingerprint density at radius 3 is 2.63 bits per heavy atom. The largest absolute Gasteiger partial charge is 0.495 e. The third-order valence-corrected chi connectivity index (χ3v) is 7.08. The Morgan fingerprint density at radius 2 is 1.91 bits per heavy atom. The summed E-state index contributed by atoms with van der Waals surface area (Å²) in [5, 5.41) is 8.86. The number of hydrogen-bond donors (Lipinski definition) is 1. The van der Waals surface area contributed by atoms with Crippen molar-refractivity contribution in [1.29, 1.82) is 0 Å². The van der Waals surface area contributed by atoms with Crippen LogP contribution < -0.4 is 20.0 Å². The van der Waals surface area contributed by atoms with Crippen molar-refractivity contribution in [3.05, 3.63) is 53.7 Å². The van der Waals surface area contributed by atoms with Gasteiger partial charge in [0.05, 0.1) is 25.3 Å². The Labute approximate surface area is 206 Å². The van der Waals surface area contributed by atoms with E-state index in [4.69, 9.17) is 9.72 Å². The van der Waals surface area contributed by atoms with Crippen molar-refractivity contribution in [2.45, 2.75) is 33.2 Å². The Bertz CT molecular complexity index is 1220. The number of hydrazine groups is 1. The predicted octanol–water partition coefficient (Wildman–Crippen LogP) is 3.57. The molecule has 1 saturated heterocycles. The number of carbonyl (C=O) groups excluding carboxylic acids is 1. The van der Waals surface area contributed by atoms with Crippen LogP contribution in [0.5, 0.6) is 5.75 Å². The van der Waals surface area contributed by atoms with E-state index in [9.17, 15) is 4.79 Å². The van der Waals surface area contributed by atoms with Crippen LogP contribution in [0.25, 0.3) is 11.0 Å². The molecule has 1 N–H and O–H groups in total. The highest BCUT2D eigenvalue weighted by Crippen LogP contribution is 2.39. The second kappa shape index (κ2) is 9.70. The first-order chi connectivity index (χ1) is 17.0. The minimum atomic E-state index is -0.0548. The SMILES string of the molecule is CCN(c1nc2ncccc2c2c1CC(=O)NC2C(C)C)N1CCN(c2ccccc2OC)CC1. The number of carbonyl (C=O) groups is 1. The van der Waals surface area contributed by atoms with Crippen molar-refractivity contribution >= 4 is 28.4 Å². The highest BCUT2D eigenvalue weighted by atomic mass is 16.5. The van der Waals surface area contributed by atoms with Crippen molar-refractivity contribution < 1.29 is 9.53 Å². The van der Waals surface area contributed by atoms with E-state index in [1.165, 1.54) is 5.56 Å². The minimum Gasteiger partial charge on any atom is -0.495 e. The van der Waals surface area contributed by atoms with Crippen LogP contribution >= 0.6 is 0 Å². The monoisotopic (exact) mass is 474 g/mol. The molecule has 0 aliphatic carbocycles. The standard InChI is InChI=1S/C27H34N6O2/c1-5-33(32-15-13-31(14-16-32)21-10-6-7-11-22(21)35-4)27-20-17-23(34)29-25(18(2)3)24(20)19-9-8-12-28-26(19)30-27/h6-12,18,25H,5,13-17H2,1-4H3,(H,29,34). The number of nitrogens with zero attached hydrogens (tertiary/aromatic N) is 5. The molecule has 1 aromatic carbocycles. The molecule has 1 fully saturated rings. The summed E-state index contributed by atoms with van der Waals surface area (Å²) in [7, 11) is 1.72. The molecule has 2 aromatic heterocycles. The number of piperazine rings is 1. The van der Waals surface area contributed by atoms with E-state index in [1.54, 1.807) is 13.3 Å². The predicted molar refractivity (Wildman–Crippen MR) is 139 cm³/mol. The maximum atomic E-state index is 12.8. The molecule has 35 heavy (non-hydrogen) atoms. The van der Waals surface area contributed by atoms with Gasteiger partial charge in [0.2, 0.25) is 5.91 Å². The van der Waals surface area contributed by atoms with Gasteiger partial charge in [0.25, 0.3) is 0 Å². The van der Waals surface area contributed by atoms with Crippen LogP contribution in [0.15, 0.2) is 42.6 Å². The topological polar surface area (TPSA) is 73.8 Å². The van der Waals surface area contributed by atoms with Gasteiger partial charge in [-0.3, -0.25) is 9.80 Å². The third kappa shape index (κ3) is 4.27. The van der Waals surface area contributed by atoms with Crippen LogP contribution in [0.2, 0.25) is 0 Å². The number of amides is 1. The van der Waals surface area contributed by atoms with E-state index in [0.29, 0.717) is 6.42 Å². The number of aromatic nitrogens is 2. The summed E-state index contributed by atoms with van der Waals surface area (Å²) in [5.41, 5.74) is 4.05. The average molecular weight is 475 g/mol. The molecule has 1 atom stereocenters. The normalized spacial score (nSPS) is 18.5. The maximum absolute atomic E-state index is 12.8. The van der Waals surface area contributed by atoms with Gasteiger partial charge in [-0.1, -0.05) is 26.0 Å². The number of nitrogens with one attached hydrogen (secondary N) is 1. The van der Waals surface area contributed by atoms with Gasteiger partial charge in [-0.05, 0) is 42.7 Å². The molecule has 2 aliphatic heterocycles. The van der Waals surface area contributed by atoms with Crippen molar-refractivity contribution in [3.8, 4) is 5.75 Å². The fourth-order valence-electron chi connectivity index (χ4n) is 5.40. The van der Waals surface area contributed by atoms with Crippen molar-refractivity contribution in [1.82, 2.24) is 20.3 Å². The summed E-state index contributed by atoms with van der Waals surface area (Å²) in [5.74, 6) is 2.07. The molecule has 0 saturated carbocycles. The molecule has 5 rings (SSSR count). The number of hydrogen-bond acceptors (Lipinski definition) is 7. The number of para-hydroxylation sites is 2. The van der Waals surface area contributed by atoms with Crippen LogP contribution in [-0.2, 0) is 11.2 Å². The van der Waals surface area contributed by atoms with Crippen LogP contribution in [0.4, 0.5) is 11.5 Å². The molecule has 1 amide bonds. The number of anilines is 2. The third-order valence-electron chi connectivity index (χ3n) is 7.08. The zero-order chi connectivity index (χ0) is 24.5. The van der Waals surface area contributed by atoms with Gasteiger partial charge < -0.3 is 15.0 Å². The summed E-state index contributed by atoms with van der Waals surface area (Å²) in [6, 6.07) is 12.1. The molecule has 0 radical (unpaired) electrons. The van der Waals surface area contributed by atoms with Gasteiger partial charge in [-0.15, -0.1) is 0 Å². The second-order valence-corrected chi connectivity index (χ2v) is 9.50. The van der Waals surface area contributed by atoms with Crippen LogP contribution in [0.3, 0.4) is 0 Å². The van der Waals surface area contributed by atoms with Crippen molar-refractivity contribution in [2.24, 2.45) is 5.92 Å². The van der Waals surface area contributed by atoms with E-state index in [-0.39, 0.29) is 17.9 Å². The van der Waals surface area contributed by atoms with Crippen LogP contribution in [-0.4, -0.2) is 60.7 Å².